The molecule has 86 valence electrons. The average molecular weight is 285 g/mol. The third-order valence-electron chi connectivity index (χ3n) is 1.98. The van der Waals surface area contributed by atoms with Gasteiger partial charge in [-0.25, -0.2) is 0 Å². The van der Waals surface area contributed by atoms with E-state index in [1.54, 1.807) is 24.3 Å². The van der Waals surface area contributed by atoms with Crippen LogP contribution in [0.25, 0.3) is 0 Å². The molecule has 1 aromatic rings. The smallest absolute Gasteiger partial charge is 0.269 e. The Hall–Kier alpha value is -1.36. The number of nitrogens with one attached hydrogen (secondary N) is 2. The number of alkyl halides is 1. The average Bonchev–Trinajstić information content (AvgIpc) is 2.35. The maximum Gasteiger partial charge on any atom is 0.269 e. The summed E-state index contributed by atoms with van der Waals surface area (Å²) in [4.78, 5) is 22.6. The Balaban J connectivity index is 2.45. The van der Waals surface area contributed by atoms with Crippen molar-refractivity contribution in [3.63, 3.8) is 0 Å². The summed E-state index contributed by atoms with van der Waals surface area (Å²) in [5.41, 5.74) is 5.20. The maximum absolute atomic E-state index is 11.5. The van der Waals surface area contributed by atoms with Crippen molar-refractivity contribution in [3.8, 4) is 0 Å². The Kier molecular flexibility index (Phi) is 4.98. The van der Waals surface area contributed by atoms with Gasteiger partial charge in [-0.1, -0.05) is 41.1 Å². The fraction of sp³-hybridized carbons (Fsp3) is 0.273. The highest BCUT2D eigenvalue weighted by Crippen LogP contribution is 2.03. The molecule has 0 unspecified atom stereocenters. The van der Waals surface area contributed by atoms with E-state index in [4.69, 9.17) is 0 Å². The zero-order valence-electron chi connectivity index (χ0n) is 8.87. The second-order valence-corrected chi connectivity index (χ2v) is 4.29. The van der Waals surface area contributed by atoms with Gasteiger partial charge in [-0.05, 0) is 18.6 Å². The molecule has 0 spiro atoms. The molecule has 2 N–H and O–H groups in total. The minimum atomic E-state index is -0.329. The van der Waals surface area contributed by atoms with Crippen LogP contribution in [0.4, 0.5) is 0 Å². The molecular weight excluding hydrogens is 272 g/mol. The van der Waals surface area contributed by atoms with Gasteiger partial charge in [0, 0.05) is 5.56 Å². The molecule has 5 heteroatoms. The molecule has 0 fully saturated rings. The second-order valence-electron chi connectivity index (χ2n) is 3.19. The standard InChI is InChI=1S/C11H13BrN2O2/c1-2-9(12)11(16)14-13-10(15)8-6-4-3-5-7-8/h3-7,9H,2H2,1H3,(H,13,15)(H,14,16)/t9-/m1/s1. The lowest BCUT2D eigenvalue weighted by atomic mass is 10.2. The van der Waals surface area contributed by atoms with Crippen LogP contribution in [0.3, 0.4) is 0 Å². The molecule has 0 bridgehead atoms. The van der Waals surface area contributed by atoms with E-state index in [9.17, 15) is 9.59 Å². The number of amides is 2. The van der Waals surface area contributed by atoms with Gasteiger partial charge >= 0.3 is 0 Å². The lowest BCUT2D eigenvalue weighted by Crippen LogP contribution is -2.44. The van der Waals surface area contributed by atoms with Crippen LogP contribution in [0, 0.1) is 0 Å². The van der Waals surface area contributed by atoms with E-state index in [-0.39, 0.29) is 16.6 Å². The van der Waals surface area contributed by atoms with Gasteiger partial charge in [0.2, 0.25) is 0 Å². The van der Waals surface area contributed by atoms with Crippen LogP contribution in [-0.2, 0) is 4.79 Å². The first kappa shape index (κ1) is 12.7. The predicted molar refractivity (Wildman–Crippen MR) is 65.1 cm³/mol. The number of carbonyl (C=O) groups is 2. The van der Waals surface area contributed by atoms with Crippen molar-refractivity contribution in [1.82, 2.24) is 10.9 Å². The van der Waals surface area contributed by atoms with Gasteiger partial charge in [0.15, 0.2) is 0 Å². The topological polar surface area (TPSA) is 58.2 Å². The zero-order valence-corrected chi connectivity index (χ0v) is 10.5. The van der Waals surface area contributed by atoms with E-state index in [0.717, 1.165) is 0 Å². The van der Waals surface area contributed by atoms with Crippen molar-refractivity contribution in [2.75, 3.05) is 0 Å². The number of hydrogen-bond donors (Lipinski definition) is 2. The summed E-state index contributed by atoms with van der Waals surface area (Å²) in [5.74, 6) is -0.587. The van der Waals surface area contributed by atoms with Gasteiger partial charge in [-0.3, -0.25) is 20.4 Å². The lowest BCUT2D eigenvalue weighted by Gasteiger charge is -2.09. The monoisotopic (exact) mass is 284 g/mol. The Morgan fingerprint density at radius 1 is 1.25 bits per heavy atom. The molecule has 0 aliphatic heterocycles. The molecule has 4 nitrogen and oxygen atoms in total. The lowest BCUT2D eigenvalue weighted by molar-refractivity contribution is -0.121. The Bertz CT molecular complexity index is 368. The second kappa shape index (κ2) is 6.27. The van der Waals surface area contributed by atoms with Crippen LogP contribution in [0.5, 0.6) is 0 Å². The summed E-state index contributed by atoms with van der Waals surface area (Å²) < 4.78 is 0. The minimum Gasteiger partial charge on any atom is -0.272 e. The Morgan fingerprint density at radius 3 is 2.44 bits per heavy atom. The van der Waals surface area contributed by atoms with Crippen molar-refractivity contribution in [2.24, 2.45) is 0 Å². The van der Waals surface area contributed by atoms with Crippen LogP contribution in [0.2, 0.25) is 0 Å². The summed E-state index contributed by atoms with van der Waals surface area (Å²) in [6, 6.07) is 8.69. The molecule has 0 aromatic heterocycles. The third kappa shape index (κ3) is 3.66. The summed E-state index contributed by atoms with van der Waals surface area (Å²) in [6.07, 6.45) is 0.660. The number of benzene rings is 1. The van der Waals surface area contributed by atoms with Gasteiger partial charge in [-0.15, -0.1) is 0 Å². The first-order valence-electron chi connectivity index (χ1n) is 4.94. The molecule has 16 heavy (non-hydrogen) atoms. The van der Waals surface area contributed by atoms with Crippen molar-refractivity contribution in [3.05, 3.63) is 35.9 Å². The van der Waals surface area contributed by atoms with Crippen molar-refractivity contribution < 1.29 is 9.59 Å². The SMILES string of the molecule is CC[C@@H](Br)C(=O)NNC(=O)c1ccccc1. The van der Waals surface area contributed by atoms with Crippen LogP contribution in [0.15, 0.2) is 30.3 Å². The van der Waals surface area contributed by atoms with Crippen LogP contribution in [-0.4, -0.2) is 16.6 Å². The molecule has 1 aromatic carbocycles. The van der Waals surface area contributed by atoms with E-state index in [1.807, 2.05) is 13.0 Å². The van der Waals surface area contributed by atoms with Gasteiger partial charge in [0.25, 0.3) is 11.8 Å². The molecule has 0 saturated carbocycles. The molecule has 0 aliphatic carbocycles. The largest absolute Gasteiger partial charge is 0.272 e. The van der Waals surface area contributed by atoms with Gasteiger partial charge < -0.3 is 0 Å². The van der Waals surface area contributed by atoms with E-state index < -0.39 is 0 Å². The van der Waals surface area contributed by atoms with Crippen molar-refractivity contribution in [2.45, 2.75) is 18.2 Å². The Morgan fingerprint density at radius 2 is 1.88 bits per heavy atom. The highest BCUT2D eigenvalue weighted by atomic mass is 79.9. The maximum atomic E-state index is 11.5. The molecule has 0 heterocycles. The summed E-state index contributed by atoms with van der Waals surface area (Å²) in [5, 5.41) is 0. The van der Waals surface area contributed by atoms with Gasteiger partial charge in [-0.2, -0.15) is 0 Å². The predicted octanol–water partition coefficient (Wildman–Crippen LogP) is 1.62. The quantitative estimate of drug-likeness (QED) is 0.655. The highest BCUT2D eigenvalue weighted by Gasteiger charge is 2.13. The van der Waals surface area contributed by atoms with E-state index in [2.05, 4.69) is 26.8 Å². The van der Waals surface area contributed by atoms with Crippen LogP contribution < -0.4 is 10.9 Å². The normalized spacial score (nSPS) is 11.6. The fourth-order valence-electron chi connectivity index (χ4n) is 1.04. The minimum absolute atomic E-state index is 0.258. The van der Waals surface area contributed by atoms with E-state index >= 15 is 0 Å². The number of halogens is 1. The molecule has 0 aliphatic rings. The fourth-order valence-corrected chi connectivity index (χ4v) is 1.16. The third-order valence-corrected chi connectivity index (χ3v) is 3.04. The molecule has 0 radical (unpaired) electrons. The van der Waals surface area contributed by atoms with Crippen LogP contribution >= 0.6 is 15.9 Å². The number of carbonyl (C=O) groups excluding carboxylic acids is 2. The van der Waals surface area contributed by atoms with Gasteiger partial charge in [0.1, 0.15) is 0 Å². The van der Waals surface area contributed by atoms with Crippen molar-refractivity contribution >= 4 is 27.7 Å². The molecule has 1 rings (SSSR count). The zero-order chi connectivity index (χ0) is 12.0. The molecule has 0 saturated heterocycles. The summed E-state index contributed by atoms with van der Waals surface area (Å²) in [6.45, 7) is 1.87. The summed E-state index contributed by atoms with van der Waals surface area (Å²) in [7, 11) is 0. The van der Waals surface area contributed by atoms with E-state index in [1.165, 1.54) is 0 Å². The van der Waals surface area contributed by atoms with Crippen LogP contribution in [0.1, 0.15) is 23.7 Å². The Labute approximate surface area is 103 Å². The molecule has 1 atom stereocenters. The number of hydrazine groups is 1. The van der Waals surface area contributed by atoms with Crippen molar-refractivity contribution in [1.29, 1.82) is 0 Å². The van der Waals surface area contributed by atoms with E-state index in [0.29, 0.717) is 12.0 Å². The molecular formula is C11H13BrN2O2. The molecule has 2 amide bonds. The first-order chi connectivity index (χ1) is 7.65. The highest BCUT2D eigenvalue weighted by molar-refractivity contribution is 9.10. The number of hydrogen-bond acceptors (Lipinski definition) is 2. The summed E-state index contributed by atoms with van der Waals surface area (Å²) >= 11 is 3.19. The number of rotatable bonds is 3. The first-order valence-corrected chi connectivity index (χ1v) is 5.86. The van der Waals surface area contributed by atoms with Gasteiger partial charge in [0.05, 0.1) is 4.83 Å².